The summed E-state index contributed by atoms with van der Waals surface area (Å²) in [6, 6.07) is 7.61. The molecule has 0 spiro atoms. The van der Waals surface area contributed by atoms with Crippen LogP contribution in [-0.2, 0) is 6.42 Å². The maximum Gasteiger partial charge on any atom is 0.407 e. The van der Waals surface area contributed by atoms with Crippen LogP contribution in [0.2, 0.25) is 0 Å². The lowest BCUT2D eigenvalue weighted by Crippen LogP contribution is -2.60. The summed E-state index contributed by atoms with van der Waals surface area (Å²) in [5.41, 5.74) is 1.32. The van der Waals surface area contributed by atoms with Gasteiger partial charge >= 0.3 is 12.1 Å². The van der Waals surface area contributed by atoms with Crippen molar-refractivity contribution in [3.05, 3.63) is 29.8 Å². The Morgan fingerprint density at radius 1 is 1.10 bits per heavy atom. The van der Waals surface area contributed by atoms with E-state index >= 15 is 0 Å². The van der Waals surface area contributed by atoms with E-state index < -0.39 is 11.6 Å². The first-order valence-electron chi connectivity index (χ1n) is 11.3. The summed E-state index contributed by atoms with van der Waals surface area (Å²) in [6.07, 6.45) is 7.15. The molecule has 6 heteroatoms. The maximum absolute atomic E-state index is 12.8. The fourth-order valence-electron chi connectivity index (χ4n) is 6.43. The molecule has 4 fully saturated rings. The molecule has 30 heavy (non-hydrogen) atoms. The van der Waals surface area contributed by atoms with Crippen LogP contribution in [0.15, 0.2) is 24.3 Å². The molecule has 3 N–H and O–H groups in total. The molecule has 0 atom stereocenters. The zero-order chi connectivity index (χ0) is 21.5. The minimum atomic E-state index is -0.910. The SMILES string of the molecule is CC(C)(C)N(CCc1cccc(NC(=O)NC23CC4CC(CC(C4)C2)C3)c1)C(=O)O. The molecular weight excluding hydrogens is 378 g/mol. The van der Waals surface area contributed by atoms with Gasteiger partial charge in [-0.3, -0.25) is 0 Å². The Morgan fingerprint density at radius 3 is 2.23 bits per heavy atom. The van der Waals surface area contributed by atoms with Gasteiger partial charge in [0.15, 0.2) is 0 Å². The molecular formula is C24H35N3O3. The first kappa shape index (κ1) is 21.0. The van der Waals surface area contributed by atoms with Crippen LogP contribution in [0.5, 0.6) is 0 Å². The number of hydrogen-bond acceptors (Lipinski definition) is 2. The molecule has 0 aromatic heterocycles. The molecule has 4 bridgehead atoms. The fraction of sp³-hybridized carbons (Fsp3) is 0.667. The molecule has 4 aliphatic carbocycles. The van der Waals surface area contributed by atoms with Crippen molar-refractivity contribution in [3.63, 3.8) is 0 Å². The molecule has 6 nitrogen and oxygen atoms in total. The molecule has 1 aromatic carbocycles. The maximum atomic E-state index is 12.8. The van der Waals surface area contributed by atoms with Gasteiger partial charge in [0.1, 0.15) is 0 Å². The Labute approximate surface area is 179 Å². The van der Waals surface area contributed by atoms with Gasteiger partial charge in [-0.25, -0.2) is 9.59 Å². The van der Waals surface area contributed by atoms with E-state index in [4.69, 9.17) is 0 Å². The van der Waals surface area contributed by atoms with E-state index in [-0.39, 0.29) is 11.6 Å². The topological polar surface area (TPSA) is 81.7 Å². The van der Waals surface area contributed by atoms with Crippen LogP contribution in [0, 0.1) is 17.8 Å². The Morgan fingerprint density at radius 2 is 1.70 bits per heavy atom. The molecule has 0 unspecified atom stereocenters. The first-order chi connectivity index (χ1) is 14.1. The zero-order valence-corrected chi connectivity index (χ0v) is 18.4. The highest BCUT2D eigenvalue weighted by molar-refractivity contribution is 5.89. The van der Waals surface area contributed by atoms with Gasteiger partial charge in [-0.2, -0.15) is 0 Å². The van der Waals surface area contributed by atoms with E-state index in [0.29, 0.717) is 13.0 Å². The quantitative estimate of drug-likeness (QED) is 0.628. The van der Waals surface area contributed by atoms with Crippen LogP contribution < -0.4 is 10.6 Å². The van der Waals surface area contributed by atoms with Crippen LogP contribution in [0.3, 0.4) is 0 Å². The van der Waals surface area contributed by atoms with Gasteiger partial charge in [0, 0.05) is 23.3 Å². The third-order valence-corrected chi connectivity index (χ3v) is 7.27. The van der Waals surface area contributed by atoms with Crippen LogP contribution in [0.1, 0.15) is 64.9 Å². The lowest BCUT2D eigenvalue weighted by Gasteiger charge is -2.56. The van der Waals surface area contributed by atoms with Crippen molar-refractivity contribution in [3.8, 4) is 0 Å². The number of carbonyl (C=O) groups is 2. The number of nitrogens with zero attached hydrogens (tertiary/aromatic N) is 1. The van der Waals surface area contributed by atoms with Gasteiger partial charge < -0.3 is 20.6 Å². The second-order valence-electron chi connectivity index (χ2n) is 10.8. The number of hydrogen-bond donors (Lipinski definition) is 3. The predicted octanol–water partition coefficient (Wildman–Crippen LogP) is 5.10. The van der Waals surface area contributed by atoms with Crippen LogP contribution in [0.4, 0.5) is 15.3 Å². The largest absolute Gasteiger partial charge is 0.465 e. The lowest BCUT2D eigenvalue weighted by atomic mass is 9.53. The Kier molecular flexibility index (Phi) is 5.45. The highest BCUT2D eigenvalue weighted by Gasteiger charge is 2.51. The zero-order valence-electron chi connectivity index (χ0n) is 18.4. The molecule has 3 amide bonds. The van der Waals surface area contributed by atoms with Crippen molar-refractivity contribution in [1.29, 1.82) is 0 Å². The van der Waals surface area contributed by atoms with Gasteiger partial charge in [-0.1, -0.05) is 12.1 Å². The second-order valence-corrected chi connectivity index (χ2v) is 10.8. The van der Waals surface area contributed by atoms with E-state index in [2.05, 4.69) is 10.6 Å². The summed E-state index contributed by atoms with van der Waals surface area (Å²) >= 11 is 0. The van der Waals surface area contributed by atoms with E-state index in [1.807, 2.05) is 45.0 Å². The molecule has 0 heterocycles. The summed E-state index contributed by atoms with van der Waals surface area (Å²) < 4.78 is 0. The Hall–Kier alpha value is -2.24. The highest BCUT2D eigenvalue weighted by atomic mass is 16.4. The Bertz CT molecular complexity index is 779. The number of benzene rings is 1. The third-order valence-electron chi connectivity index (χ3n) is 7.27. The number of carboxylic acid groups (broad SMARTS) is 1. The van der Waals surface area contributed by atoms with Gasteiger partial charge in [0.2, 0.25) is 0 Å². The van der Waals surface area contributed by atoms with E-state index in [0.717, 1.165) is 48.3 Å². The second kappa shape index (κ2) is 7.78. The van der Waals surface area contributed by atoms with E-state index in [9.17, 15) is 14.7 Å². The summed E-state index contributed by atoms with van der Waals surface area (Å²) in [4.78, 5) is 25.8. The van der Waals surface area contributed by atoms with E-state index in [1.165, 1.54) is 24.2 Å². The van der Waals surface area contributed by atoms with Gasteiger partial charge in [-0.05, 0) is 101 Å². The van der Waals surface area contributed by atoms with Crippen molar-refractivity contribution in [2.45, 2.75) is 76.8 Å². The van der Waals surface area contributed by atoms with Crippen LogP contribution in [0.25, 0.3) is 0 Å². The van der Waals surface area contributed by atoms with Crippen molar-refractivity contribution in [2.24, 2.45) is 17.8 Å². The van der Waals surface area contributed by atoms with Crippen LogP contribution in [-0.4, -0.2) is 39.8 Å². The van der Waals surface area contributed by atoms with Crippen molar-refractivity contribution in [1.82, 2.24) is 10.2 Å². The van der Waals surface area contributed by atoms with Gasteiger partial charge in [-0.15, -0.1) is 0 Å². The summed E-state index contributed by atoms with van der Waals surface area (Å²) in [6.45, 7) is 6.11. The molecule has 4 aliphatic rings. The number of amides is 3. The van der Waals surface area contributed by atoms with Gasteiger partial charge in [0.25, 0.3) is 0 Å². The smallest absolute Gasteiger partial charge is 0.407 e. The predicted molar refractivity (Wildman–Crippen MR) is 118 cm³/mol. The molecule has 164 valence electrons. The number of carbonyl (C=O) groups excluding carboxylic acids is 1. The van der Waals surface area contributed by atoms with Crippen molar-refractivity contribution >= 4 is 17.8 Å². The molecule has 0 saturated heterocycles. The number of nitrogens with one attached hydrogen (secondary N) is 2. The number of urea groups is 1. The molecule has 0 radical (unpaired) electrons. The highest BCUT2D eigenvalue weighted by Crippen LogP contribution is 2.55. The molecule has 1 aromatic rings. The van der Waals surface area contributed by atoms with Crippen molar-refractivity contribution in [2.75, 3.05) is 11.9 Å². The molecule has 4 saturated carbocycles. The fourth-order valence-corrected chi connectivity index (χ4v) is 6.43. The number of rotatable bonds is 5. The Balaban J connectivity index is 1.35. The minimum absolute atomic E-state index is 0.00879. The van der Waals surface area contributed by atoms with Gasteiger partial charge in [0.05, 0.1) is 0 Å². The minimum Gasteiger partial charge on any atom is -0.465 e. The van der Waals surface area contributed by atoms with Crippen molar-refractivity contribution < 1.29 is 14.7 Å². The van der Waals surface area contributed by atoms with Crippen LogP contribution >= 0.6 is 0 Å². The van der Waals surface area contributed by atoms with E-state index in [1.54, 1.807) is 0 Å². The summed E-state index contributed by atoms with van der Waals surface area (Å²) in [5, 5.41) is 15.8. The normalized spacial score (nSPS) is 29.5. The standard InChI is InChI=1S/C24H35N3O3/c1-23(2,3)27(22(29)30)8-7-16-5-4-6-20(12-16)25-21(28)26-24-13-17-9-18(14-24)11-19(10-17)15-24/h4-6,12,17-19H,7-11,13-15H2,1-3H3,(H,29,30)(H2,25,26,28). The summed E-state index contributed by atoms with van der Waals surface area (Å²) in [7, 11) is 0. The lowest BCUT2D eigenvalue weighted by molar-refractivity contribution is -0.0127. The molecule has 5 rings (SSSR count). The summed E-state index contributed by atoms with van der Waals surface area (Å²) in [5.74, 6) is 2.37. The monoisotopic (exact) mass is 413 g/mol. The average molecular weight is 414 g/mol. The number of anilines is 1. The molecule has 0 aliphatic heterocycles. The first-order valence-corrected chi connectivity index (χ1v) is 11.3. The third kappa shape index (κ3) is 4.57. The average Bonchev–Trinajstić information content (AvgIpc) is 2.58.